The SMILES string of the molecule is CC(=O)O[C@H]1[C@H](Oc2cc3c(O)cc(O)cc3[o+]c2-c2ccc(O)cc2)O[C@H](CO[C@@H]2O[C@@H](C)[C@H](O)[C@@H](O)[C@H]2O)[C@@H](O)[C@@H]1O. The molecular formula is C29H33O15+. The molecule has 0 spiro atoms. The van der Waals surface area contributed by atoms with Gasteiger partial charge in [-0.1, -0.05) is 0 Å². The lowest BCUT2D eigenvalue weighted by Crippen LogP contribution is -2.62. The molecule has 0 saturated carbocycles. The molecule has 5 rings (SSSR count). The van der Waals surface area contributed by atoms with Crippen LogP contribution in [0.1, 0.15) is 13.8 Å². The Balaban J connectivity index is 1.47. The highest BCUT2D eigenvalue weighted by Crippen LogP contribution is 2.41. The summed E-state index contributed by atoms with van der Waals surface area (Å²) in [5.74, 6) is -1.57. The molecule has 15 heteroatoms. The summed E-state index contributed by atoms with van der Waals surface area (Å²) in [5, 5.41) is 82.4. The first-order valence-corrected chi connectivity index (χ1v) is 13.6. The lowest BCUT2D eigenvalue weighted by Gasteiger charge is -2.43. The Morgan fingerprint density at radius 3 is 2.23 bits per heavy atom. The zero-order chi connectivity index (χ0) is 31.9. The van der Waals surface area contributed by atoms with Crippen LogP contribution in [-0.4, -0.2) is 115 Å². The van der Waals surface area contributed by atoms with Gasteiger partial charge in [0.2, 0.25) is 12.0 Å². The molecule has 15 nitrogen and oxygen atoms in total. The monoisotopic (exact) mass is 621 g/mol. The van der Waals surface area contributed by atoms with Crippen molar-refractivity contribution >= 4 is 16.9 Å². The quantitative estimate of drug-likeness (QED) is 0.129. The molecular weight excluding hydrogens is 588 g/mol. The van der Waals surface area contributed by atoms with Crippen molar-refractivity contribution in [2.24, 2.45) is 0 Å². The number of hydrogen-bond acceptors (Lipinski definition) is 14. The van der Waals surface area contributed by atoms with E-state index in [1.807, 2.05) is 0 Å². The number of benzene rings is 2. The van der Waals surface area contributed by atoms with Crippen LogP contribution in [0.4, 0.5) is 0 Å². The number of rotatable bonds is 7. The lowest BCUT2D eigenvalue weighted by molar-refractivity contribution is -0.319. The molecule has 1 aromatic heterocycles. The number of hydrogen-bond donors (Lipinski definition) is 8. The van der Waals surface area contributed by atoms with E-state index in [2.05, 4.69) is 0 Å². The van der Waals surface area contributed by atoms with Gasteiger partial charge in [0.15, 0.2) is 12.4 Å². The molecule has 238 valence electrons. The summed E-state index contributed by atoms with van der Waals surface area (Å²) in [4.78, 5) is 11.9. The third kappa shape index (κ3) is 6.36. The van der Waals surface area contributed by atoms with Gasteiger partial charge >= 0.3 is 17.3 Å². The molecule has 0 amide bonds. The van der Waals surface area contributed by atoms with Gasteiger partial charge in [-0.15, -0.1) is 0 Å². The van der Waals surface area contributed by atoms with Crippen LogP contribution in [-0.2, 0) is 23.7 Å². The van der Waals surface area contributed by atoms with Crippen molar-refractivity contribution in [1.82, 2.24) is 0 Å². The number of phenolic OH excluding ortho intramolecular Hbond substituents is 3. The molecule has 2 aliphatic rings. The molecule has 3 aromatic rings. The summed E-state index contributed by atoms with van der Waals surface area (Å²) in [5.41, 5.74) is 0.439. The van der Waals surface area contributed by atoms with Gasteiger partial charge in [0.1, 0.15) is 59.3 Å². The Kier molecular flexibility index (Phi) is 9.10. The van der Waals surface area contributed by atoms with Gasteiger partial charge in [-0.05, 0) is 31.2 Å². The third-order valence-corrected chi connectivity index (χ3v) is 7.37. The number of carbonyl (C=O) groups is 1. The van der Waals surface area contributed by atoms with E-state index in [0.717, 1.165) is 13.0 Å². The minimum Gasteiger partial charge on any atom is -0.508 e. The first-order valence-electron chi connectivity index (χ1n) is 13.6. The topological polar surface area (TPSA) is 236 Å². The molecule has 0 unspecified atom stereocenters. The number of fused-ring (bicyclic) bond motifs is 1. The third-order valence-electron chi connectivity index (χ3n) is 7.37. The molecule has 2 fully saturated rings. The van der Waals surface area contributed by atoms with Crippen LogP contribution in [0.25, 0.3) is 22.3 Å². The van der Waals surface area contributed by atoms with Crippen molar-refractivity contribution in [2.75, 3.05) is 6.61 Å². The van der Waals surface area contributed by atoms with E-state index in [9.17, 15) is 45.6 Å². The second kappa shape index (κ2) is 12.7. The average Bonchev–Trinajstić information content (AvgIpc) is 2.97. The highest BCUT2D eigenvalue weighted by atomic mass is 16.7. The van der Waals surface area contributed by atoms with Crippen LogP contribution < -0.4 is 4.74 Å². The molecule has 10 atom stereocenters. The predicted molar refractivity (Wildman–Crippen MR) is 146 cm³/mol. The van der Waals surface area contributed by atoms with Gasteiger partial charge in [0, 0.05) is 19.1 Å². The maximum Gasteiger partial charge on any atom is 0.402 e. The van der Waals surface area contributed by atoms with Gasteiger partial charge < -0.3 is 64.5 Å². The van der Waals surface area contributed by atoms with Crippen LogP contribution >= 0.6 is 0 Å². The van der Waals surface area contributed by atoms with Gasteiger partial charge in [0.25, 0.3) is 0 Å². The Bertz CT molecular complexity index is 1480. The number of aliphatic hydroxyl groups is 5. The maximum atomic E-state index is 11.9. The maximum absolute atomic E-state index is 11.9. The van der Waals surface area contributed by atoms with Crippen LogP contribution in [0.5, 0.6) is 23.0 Å². The number of carbonyl (C=O) groups excluding carboxylic acids is 1. The lowest BCUT2D eigenvalue weighted by atomic mass is 9.98. The Labute approximate surface area is 249 Å². The molecule has 3 heterocycles. The second-order valence-corrected chi connectivity index (χ2v) is 10.6. The average molecular weight is 622 g/mol. The Morgan fingerprint density at radius 2 is 1.55 bits per heavy atom. The zero-order valence-electron chi connectivity index (χ0n) is 23.5. The highest BCUT2D eigenvalue weighted by Gasteiger charge is 2.50. The van der Waals surface area contributed by atoms with Crippen molar-refractivity contribution in [1.29, 1.82) is 0 Å². The molecule has 0 aliphatic carbocycles. The molecule has 0 radical (unpaired) electrons. The van der Waals surface area contributed by atoms with Crippen molar-refractivity contribution in [3.63, 3.8) is 0 Å². The van der Waals surface area contributed by atoms with Gasteiger partial charge in [-0.25, -0.2) is 4.42 Å². The van der Waals surface area contributed by atoms with Crippen molar-refractivity contribution in [3.8, 4) is 34.3 Å². The van der Waals surface area contributed by atoms with E-state index in [0.29, 0.717) is 5.56 Å². The minimum atomic E-state index is -1.77. The molecule has 0 bridgehead atoms. The Morgan fingerprint density at radius 1 is 0.841 bits per heavy atom. The van der Waals surface area contributed by atoms with Gasteiger partial charge in [-0.3, -0.25) is 4.79 Å². The normalized spacial score (nSPS) is 32.3. The molecule has 2 aromatic carbocycles. The highest BCUT2D eigenvalue weighted by molar-refractivity contribution is 5.88. The zero-order valence-corrected chi connectivity index (χ0v) is 23.5. The van der Waals surface area contributed by atoms with Crippen LogP contribution in [0.15, 0.2) is 46.9 Å². The van der Waals surface area contributed by atoms with E-state index >= 15 is 0 Å². The number of ether oxygens (including phenoxy) is 5. The molecule has 44 heavy (non-hydrogen) atoms. The van der Waals surface area contributed by atoms with Crippen LogP contribution in [0.3, 0.4) is 0 Å². The standard InChI is InChI=1S/C29H32O15/c1-11-21(34)23(36)25(38)28(40-11)39-10-20-22(35)24(37)27(41-12(2)30)29(44-20)43-19-9-16-17(33)7-15(32)8-18(16)42-26(19)13-3-5-14(31)6-4-13/h3-9,11,20-25,27-29,34-38H,10H2,1-2H3,(H2-,31,32,33)/p+1/t11-,20+,21-,22+,23+,24-,25+,27+,28+,29+/m0/s1. The van der Waals surface area contributed by atoms with Crippen LogP contribution in [0.2, 0.25) is 0 Å². The number of esters is 1. The van der Waals surface area contributed by atoms with E-state index in [1.165, 1.54) is 43.3 Å². The van der Waals surface area contributed by atoms with E-state index in [-0.39, 0.29) is 39.7 Å². The predicted octanol–water partition coefficient (Wildman–Crippen LogP) is 0.0990. The number of aliphatic hydroxyl groups excluding tert-OH is 5. The largest absolute Gasteiger partial charge is 0.508 e. The van der Waals surface area contributed by atoms with E-state index in [1.54, 1.807) is 0 Å². The second-order valence-electron chi connectivity index (χ2n) is 10.6. The summed E-state index contributed by atoms with van der Waals surface area (Å²) in [6.07, 6.45) is -15.0. The summed E-state index contributed by atoms with van der Waals surface area (Å²) >= 11 is 0. The first kappa shape index (κ1) is 31.6. The summed E-state index contributed by atoms with van der Waals surface area (Å²) in [7, 11) is 0. The minimum absolute atomic E-state index is 0.0290. The number of aromatic hydroxyl groups is 3. The molecule has 2 saturated heterocycles. The van der Waals surface area contributed by atoms with Gasteiger partial charge in [-0.2, -0.15) is 0 Å². The fraction of sp³-hybridized carbons (Fsp3) is 0.448. The smallest absolute Gasteiger partial charge is 0.402 e. The fourth-order valence-corrected chi connectivity index (χ4v) is 5.01. The van der Waals surface area contributed by atoms with Crippen molar-refractivity contribution in [3.05, 3.63) is 42.5 Å². The first-order chi connectivity index (χ1) is 20.8. The summed E-state index contributed by atoms with van der Waals surface area (Å²) < 4.78 is 34.1. The summed E-state index contributed by atoms with van der Waals surface area (Å²) in [6.45, 7) is 2.01. The van der Waals surface area contributed by atoms with E-state index < -0.39 is 74.0 Å². The fourth-order valence-electron chi connectivity index (χ4n) is 5.01. The summed E-state index contributed by atoms with van der Waals surface area (Å²) in [6, 6.07) is 9.44. The molecule has 8 N–H and O–H groups in total. The molecule has 2 aliphatic heterocycles. The van der Waals surface area contributed by atoms with Crippen molar-refractivity contribution in [2.45, 2.75) is 75.3 Å². The van der Waals surface area contributed by atoms with Crippen LogP contribution in [0, 0.1) is 0 Å². The number of phenols is 3. The van der Waals surface area contributed by atoms with Crippen molar-refractivity contribution < 1.29 is 73.7 Å². The Hall–Kier alpha value is -3.80. The van der Waals surface area contributed by atoms with E-state index in [4.69, 9.17) is 28.1 Å². The van der Waals surface area contributed by atoms with Gasteiger partial charge in [0.05, 0.1) is 24.3 Å².